The fourth-order valence-electron chi connectivity index (χ4n) is 3.44. The van der Waals surface area contributed by atoms with E-state index in [0.717, 1.165) is 40.6 Å². The van der Waals surface area contributed by atoms with Gasteiger partial charge in [-0.2, -0.15) is 10.1 Å². The van der Waals surface area contributed by atoms with E-state index in [4.69, 9.17) is 0 Å². The molecular formula is C22H24N6O. The third-order valence-corrected chi connectivity index (χ3v) is 4.86. The molecule has 0 amide bonds. The van der Waals surface area contributed by atoms with Gasteiger partial charge in [0, 0.05) is 11.9 Å². The van der Waals surface area contributed by atoms with E-state index in [0.29, 0.717) is 5.95 Å². The van der Waals surface area contributed by atoms with E-state index < -0.39 is 0 Å². The minimum atomic E-state index is 0.195. The highest BCUT2D eigenvalue weighted by Gasteiger charge is 2.14. The van der Waals surface area contributed by atoms with Crippen LogP contribution in [0.3, 0.4) is 0 Å². The Hall–Kier alpha value is -3.48. The maximum Gasteiger partial charge on any atom is 0.265 e. The molecule has 4 aromatic rings. The maximum atomic E-state index is 9.53. The molecule has 2 aromatic heterocycles. The van der Waals surface area contributed by atoms with Gasteiger partial charge in [-0.1, -0.05) is 56.5 Å². The van der Waals surface area contributed by atoms with Crippen molar-refractivity contribution < 1.29 is 5.11 Å². The number of anilines is 1. The van der Waals surface area contributed by atoms with Crippen molar-refractivity contribution in [2.45, 2.75) is 39.2 Å². The number of hydrogen-bond donors (Lipinski definition) is 2. The van der Waals surface area contributed by atoms with Crippen LogP contribution in [-0.2, 0) is 6.54 Å². The van der Waals surface area contributed by atoms with Crippen molar-refractivity contribution in [3.05, 3.63) is 54.1 Å². The first kappa shape index (κ1) is 18.9. The summed E-state index contributed by atoms with van der Waals surface area (Å²) in [5, 5.41) is 23.3. The van der Waals surface area contributed by atoms with Gasteiger partial charge in [0.25, 0.3) is 5.95 Å². The van der Waals surface area contributed by atoms with Gasteiger partial charge in [0.1, 0.15) is 11.3 Å². The van der Waals surface area contributed by atoms with Gasteiger partial charge in [0.05, 0.1) is 11.7 Å². The van der Waals surface area contributed by atoms with Crippen molar-refractivity contribution in [3.8, 4) is 5.75 Å². The molecule has 0 radical (unpaired) electrons. The molecule has 0 spiro atoms. The number of aryl methyl sites for hydroxylation is 1. The average molecular weight is 388 g/mol. The number of hydrogen-bond acceptors (Lipinski definition) is 6. The van der Waals surface area contributed by atoms with Crippen molar-refractivity contribution in [2.24, 2.45) is 5.10 Å². The molecular weight excluding hydrogens is 364 g/mol. The van der Waals surface area contributed by atoms with E-state index in [1.165, 1.54) is 19.3 Å². The third kappa shape index (κ3) is 4.18. The summed E-state index contributed by atoms with van der Waals surface area (Å²) in [6.07, 6.45) is 6.35. The Labute approximate surface area is 169 Å². The van der Waals surface area contributed by atoms with E-state index in [9.17, 15) is 5.11 Å². The van der Waals surface area contributed by atoms with Crippen molar-refractivity contribution in [2.75, 3.05) is 5.43 Å². The highest BCUT2D eigenvalue weighted by atomic mass is 16.3. The summed E-state index contributed by atoms with van der Waals surface area (Å²) in [4.78, 5) is 4.68. The van der Waals surface area contributed by atoms with Crippen LogP contribution in [0, 0.1) is 0 Å². The zero-order chi connectivity index (χ0) is 20.1. The summed E-state index contributed by atoms with van der Waals surface area (Å²) in [6, 6.07) is 15.1. The molecule has 0 atom stereocenters. The standard InChI is InChI=1S/C22H24N6O/c1-2-3-4-7-13-28-19-12-6-5-11-18(19)20-21(28)24-22(27-25-20)26-23-15-16-9-8-10-17(29)14-16/h5-6,8-12,14-15,29H,2-4,7,13H2,1H3,(H,24,26,27)/b23-15-. The second kappa shape index (κ2) is 8.68. The highest BCUT2D eigenvalue weighted by Crippen LogP contribution is 2.26. The SMILES string of the molecule is CCCCCCn1c2ccccc2c2nnc(N/N=C\c3cccc(O)c3)nc21. The topological polar surface area (TPSA) is 88.2 Å². The van der Waals surface area contributed by atoms with Gasteiger partial charge in [-0.3, -0.25) is 0 Å². The minimum Gasteiger partial charge on any atom is -0.508 e. The number of benzene rings is 2. The smallest absolute Gasteiger partial charge is 0.265 e. The Kier molecular flexibility index (Phi) is 5.65. The molecule has 0 aliphatic rings. The van der Waals surface area contributed by atoms with Crippen molar-refractivity contribution in [1.82, 2.24) is 19.7 Å². The lowest BCUT2D eigenvalue weighted by atomic mass is 10.2. The zero-order valence-electron chi connectivity index (χ0n) is 16.4. The molecule has 0 fully saturated rings. The van der Waals surface area contributed by atoms with Crippen LogP contribution < -0.4 is 5.43 Å². The normalized spacial score (nSPS) is 11.6. The van der Waals surface area contributed by atoms with Gasteiger partial charge in [-0.15, -0.1) is 10.2 Å². The zero-order valence-corrected chi connectivity index (χ0v) is 16.4. The quantitative estimate of drug-likeness (QED) is 0.259. The first-order valence-corrected chi connectivity index (χ1v) is 9.96. The molecule has 148 valence electrons. The molecule has 2 heterocycles. The molecule has 7 heteroatoms. The summed E-state index contributed by atoms with van der Waals surface area (Å²) >= 11 is 0. The molecule has 2 N–H and O–H groups in total. The van der Waals surface area contributed by atoms with Crippen molar-refractivity contribution in [3.63, 3.8) is 0 Å². The van der Waals surface area contributed by atoms with Crippen molar-refractivity contribution >= 4 is 34.2 Å². The largest absolute Gasteiger partial charge is 0.508 e. The lowest BCUT2D eigenvalue weighted by Crippen LogP contribution is -2.03. The fourth-order valence-corrected chi connectivity index (χ4v) is 3.44. The number of fused-ring (bicyclic) bond motifs is 3. The molecule has 2 aromatic carbocycles. The number of aromatic nitrogens is 4. The van der Waals surface area contributed by atoms with Crippen LogP contribution in [-0.4, -0.2) is 31.1 Å². The van der Waals surface area contributed by atoms with E-state index in [2.05, 4.69) is 49.3 Å². The maximum absolute atomic E-state index is 9.53. The fraction of sp³-hybridized carbons (Fsp3) is 0.273. The van der Waals surface area contributed by atoms with Gasteiger partial charge in [0.15, 0.2) is 5.65 Å². The van der Waals surface area contributed by atoms with E-state index in [1.54, 1.807) is 24.4 Å². The van der Waals surface area contributed by atoms with Crippen LogP contribution in [0.4, 0.5) is 5.95 Å². The van der Waals surface area contributed by atoms with E-state index in [-0.39, 0.29) is 5.75 Å². The Morgan fingerprint density at radius 1 is 1.07 bits per heavy atom. The van der Waals surface area contributed by atoms with E-state index >= 15 is 0 Å². The van der Waals surface area contributed by atoms with E-state index in [1.807, 2.05) is 18.2 Å². The van der Waals surface area contributed by atoms with Gasteiger partial charge in [-0.25, -0.2) is 5.43 Å². The molecule has 29 heavy (non-hydrogen) atoms. The lowest BCUT2D eigenvalue weighted by Gasteiger charge is -2.06. The van der Waals surface area contributed by atoms with Crippen LogP contribution in [0.5, 0.6) is 5.75 Å². The summed E-state index contributed by atoms with van der Waals surface area (Å²) in [7, 11) is 0. The summed E-state index contributed by atoms with van der Waals surface area (Å²) < 4.78 is 2.22. The highest BCUT2D eigenvalue weighted by molar-refractivity contribution is 6.04. The number of aromatic hydroxyl groups is 1. The summed E-state index contributed by atoms with van der Waals surface area (Å²) in [5.41, 5.74) is 6.36. The summed E-state index contributed by atoms with van der Waals surface area (Å²) in [6.45, 7) is 3.11. The molecule has 0 saturated carbocycles. The molecule has 0 unspecified atom stereocenters. The van der Waals surface area contributed by atoms with Crippen LogP contribution >= 0.6 is 0 Å². The number of para-hydroxylation sites is 1. The predicted octanol–water partition coefficient (Wildman–Crippen LogP) is 4.71. The molecule has 0 aliphatic heterocycles. The first-order chi connectivity index (χ1) is 14.3. The Morgan fingerprint density at radius 2 is 1.97 bits per heavy atom. The predicted molar refractivity (Wildman–Crippen MR) is 116 cm³/mol. The number of nitrogens with zero attached hydrogens (tertiary/aromatic N) is 5. The number of phenols is 1. The molecule has 0 aliphatic carbocycles. The molecule has 4 rings (SSSR count). The van der Waals surface area contributed by atoms with Crippen LogP contribution in [0.15, 0.2) is 53.6 Å². The second-order valence-corrected chi connectivity index (χ2v) is 7.00. The van der Waals surface area contributed by atoms with Gasteiger partial charge >= 0.3 is 0 Å². The Bertz CT molecular complexity index is 1150. The summed E-state index contributed by atoms with van der Waals surface area (Å²) in [5.74, 6) is 0.535. The lowest BCUT2D eigenvalue weighted by molar-refractivity contribution is 0.475. The number of unbranched alkanes of at least 4 members (excludes halogenated alkanes) is 3. The molecule has 7 nitrogen and oxygen atoms in total. The van der Waals surface area contributed by atoms with Crippen LogP contribution in [0.2, 0.25) is 0 Å². The second-order valence-electron chi connectivity index (χ2n) is 7.00. The van der Waals surface area contributed by atoms with Crippen LogP contribution in [0.25, 0.3) is 22.1 Å². The monoisotopic (exact) mass is 388 g/mol. The van der Waals surface area contributed by atoms with Gasteiger partial charge in [0.2, 0.25) is 0 Å². The number of phenolic OH excluding ortho intramolecular Hbond substituents is 1. The Morgan fingerprint density at radius 3 is 2.83 bits per heavy atom. The van der Waals surface area contributed by atoms with Gasteiger partial charge in [-0.05, 0) is 30.2 Å². The van der Waals surface area contributed by atoms with Gasteiger partial charge < -0.3 is 9.67 Å². The Balaban J connectivity index is 1.62. The molecule has 0 saturated heterocycles. The minimum absolute atomic E-state index is 0.195. The number of rotatable bonds is 8. The number of hydrazone groups is 1. The van der Waals surface area contributed by atoms with Crippen molar-refractivity contribution in [1.29, 1.82) is 0 Å². The van der Waals surface area contributed by atoms with Crippen LogP contribution in [0.1, 0.15) is 38.2 Å². The third-order valence-electron chi connectivity index (χ3n) is 4.86. The number of nitrogens with one attached hydrogen (secondary N) is 1. The first-order valence-electron chi connectivity index (χ1n) is 9.96. The molecule has 0 bridgehead atoms. The average Bonchev–Trinajstić information content (AvgIpc) is 3.04.